The van der Waals surface area contributed by atoms with Gasteiger partial charge in [-0.15, -0.1) is 0 Å². The van der Waals surface area contributed by atoms with Crippen molar-refractivity contribution in [1.29, 1.82) is 0 Å². The topological polar surface area (TPSA) is 86.4 Å². The normalized spacial score (nSPS) is 20.8. The van der Waals surface area contributed by atoms with Crippen LogP contribution in [0.3, 0.4) is 0 Å². The van der Waals surface area contributed by atoms with E-state index < -0.39 is 21.7 Å². The van der Waals surface area contributed by atoms with Crippen LogP contribution in [0.2, 0.25) is 0 Å². The van der Waals surface area contributed by atoms with Crippen molar-refractivity contribution in [2.75, 3.05) is 25.9 Å². The molecule has 0 spiro atoms. The number of hydrogen-bond acceptors (Lipinski definition) is 5. The van der Waals surface area contributed by atoms with Crippen LogP contribution in [0.25, 0.3) is 0 Å². The maximum absolute atomic E-state index is 14.0. The lowest BCUT2D eigenvalue weighted by Crippen LogP contribution is -2.40. The number of fused-ring (bicyclic) bond motifs is 1. The van der Waals surface area contributed by atoms with E-state index >= 15 is 0 Å². The number of benzene rings is 1. The summed E-state index contributed by atoms with van der Waals surface area (Å²) in [6.45, 7) is 1.96. The predicted molar refractivity (Wildman–Crippen MR) is 107 cm³/mol. The van der Waals surface area contributed by atoms with E-state index in [1.54, 1.807) is 0 Å². The van der Waals surface area contributed by atoms with E-state index in [9.17, 15) is 22.0 Å². The van der Waals surface area contributed by atoms with Gasteiger partial charge in [0.15, 0.2) is 0 Å². The lowest BCUT2D eigenvalue weighted by atomic mass is 9.96. The summed E-state index contributed by atoms with van der Waals surface area (Å²) in [6.07, 6.45) is 3.21. The van der Waals surface area contributed by atoms with Crippen molar-refractivity contribution in [3.63, 3.8) is 0 Å². The number of piperidine rings is 1. The molecule has 0 saturated carbocycles. The molecule has 1 aromatic carbocycles. The first-order valence-electron chi connectivity index (χ1n) is 9.94. The van der Waals surface area contributed by atoms with E-state index in [0.29, 0.717) is 48.7 Å². The molecule has 0 amide bonds. The molecule has 7 nitrogen and oxygen atoms in total. The fourth-order valence-corrected chi connectivity index (χ4v) is 5.01. The molecule has 1 N–H and O–H groups in total. The smallest absolute Gasteiger partial charge is 0.255 e. The summed E-state index contributed by atoms with van der Waals surface area (Å²) in [6, 6.07) is 3.45. The van der Waals surface area contributed by atoms with Gasteiger partial charge in [0.05, 0.1) is 17.5 Å². The zero-order valence-electron chi connectivity index (χ0n) is 16.7. The van der Waals surface area contributed by atoms with Crippen LogP contribution in [-0.2, 0) is 29.5 Å². The Kier molecular flexibility index (Phi) is 5.73. The molecule has 30 heavy (non-hydrogen) atoms. The van der Waals surface area contributed by atoms with Gasteiger partial charge < -0.3 is 4.98 Å². The molecule has 4 rings (SSSR count). The van der Waals surface area contributed by atoms with Gasteiger partial charge in [-0.25, -0.2) is 22.2 Å². The highest BCUT2D eigenvalue weighted by Crippen LogP contribution is 2.27. The highest BCUT2D eigenvalue weighted by atomic mass is 32.2. The second kappa shape index (κ2) is 8.16. The number of nitrogens with one attached hydrogen (secondary N) is 1. The van der Waals surface area contributed by atoms with E-state index in [-0.39, 0.29) is 18.0 Å². The number of nitrogens with zero attached hydrogens (tertiary/aromatic N) is 3. The number of sulfonamides is 1. The molecule has 1 saturated heterocycles. The van der Waals surface area contributed by atoms with Gasteiger partial charge in [-0.3, -0.25) is 9.69 Å². The lowest BCUT2D eigenvalue weighted by Gasteiger charge is -2.33. The Morgan fingerprint density at radius 3 is 2.83 bits per heavy atom. The molecule has 1 unspecified atom stereocenters. The first-order valence-corrected chi connectivity index (χ1v) is 11.8. The molecule has 2 aliphatic rings. The molecule has 0 bridgehead atoms. The zero-order chi connectivity index (χ0) is 21.5. The molecule has 10 heteroatoms. The van der Waals surface area contributed by atoms with E-state index in [0.717, 1.165) is 37.8 Å². The molecule has 2 aliphatic heterocycles. The fraction of sp³-hybridized carbons (Fsp3) is 0.500. The Balaban J connectivity index is 1.52. The van der Waals surface area contributed by atoms with Crippen molar-refractivity contribution in [1.82, 2.24) is 19.2 Å². The minimum Gasteiger partial charge on any atom is -0.310 e. The van der Waals surface area contributed by atoms with Crippen molar-refractivity contribution in [3.05, 3.63) is 62.8 Å². The van der Waals surface area contributed by atoms with Crippen LogP contribution in [0, 0.1) is 11.6 Å². The summed E-state index contributed by atoms with van der Waals surface area (Å²) in [5.74, 6) is -0.352. The third-order valence-corrected chi connectivity index (χ3v) is 7.06. The van der Waals surface area contributed by atoms with E-state index in [1.165, 1.54) is 10.4 Å². The van der Waals surface area contributed by atoms with E-state index in [2.05, 4.69) is 9.97 Å². The average Bonchev–Trinajstić information content (AvgIpc) is 2.70. The number of halogens is 2. The Morgan fingerprint density at radius 2 is 2.07 bits per heavy atom. The monoisotopic (exact) mass is 438 g/mol. The summed E-state index contributed by atoms with van der Waals surface area (Å²) in [7, 11) is -3.37. The van der Waals surface area contributed by atoms with Crippen LogP contribution in [0.5, 0.6) is 0 Å². The minimum absolute atomic E-state index is 0.0266. The highest BCUT2D eigenvalue weighted by molar-refractivity contribution is 7.88. The Labute approximate surface area is 173 Å². The molecule has 1 fully saturated rings. The molecule has 162 valence electrons. The van der Waals surface area contributed by atoms with E-state index in [1.807, 2.05) is 4.90 Å². The van der Waals surface area contributed by atoms with Gasteiger partial charge in [0.1, 0.15) is 17.5 Å². The third kappa shape index (κ3) is 4.45. The molecule has 2 aromatic rings. The standard InChI is InChI=1S/C20H24F2N4O3S/c1-30(28,29)26-8-6-18-16(12-26)20(27)24-19(23-18)13-3-2-7-25(10-13)11-14-9-15(21)4-5-17(14)22/h4-5,9,13H,2-3,6-8,10-12H2,1H3,(H,23,24,27). The maximum atomic E-state index is 14.0. The fourth-order valence-electron chi connectivity index (χ4n) is 4.22. The Bertz CT molecular complexity index is 1120. The zero-order valence-corrected chi connectivity index (χ0v) is 17.5. The number of rotatable bonds is 4. The Morgan fingerprint density at radius 1 is 1.27 bits per heavy atom. The van der Waals surface area contributed by atoms with Crippen LogP contribution in [-0.4, -0.2) is 53.5 Å². The van der Waals surface area contributed by atoms with Gasteiger partial charge >= 0.3 is 0 Å². The number of hydrogen-bond donors (Lipinski definition) is 1. The predicted octanol–water partition coefficient (Wildman–Crippen LogP) is 1.75. The van der Waals surface area contributed by atoms with Crippen LogP contribution in [0.4, 0.5) is 8.78 Å². The van der Waals surface area contributed by atoms with Crippen molar-refractivity contribution >= 4 is 10.0 Å². The van der Waals surface area contributed by atoms with Gasteiger partial charge in [0.25, 0.3) is 5.56 Å². The molecular formula is C20H24F2N4O3S. The van der Waals surface area contributed by atoms with Crippen LogP contribution in [0.15, 0.2) is 23.0 Å². The van der Waals surface area contributed by atoms with Crippen molar-refractivity contribution in [2.24, 2.45) is 0 Å². The molecule has 3 heterocycles. The summed E-state index contributed by atoms with van der Waals surface area (Å²) in [5.41, 5.74) is 1.03. The van der Waals surface area contributed by atoms with Gasteiger partial charge in [-0.2, -0.15) is 4.31 Å². The van der Waals surface area contributed by atoms with Gasteiger partial charge in [-0.1, -0.05) is 0 Å². The quantitative estimate of drug-likeness (QED) is 0.786. The van der Waals surface area contributed by atoms with Crippen LogP contribution in [0.1, 0.15) is 41.4 Å². The third-order valence-electron chi connectivity index (χ3n) is 5.81. The lowest BCUT2D eigenvalue weighted by molar-refractivity contribution is 0.193. The van der Waals surface area contributed by atoms with E-state index in [4.69, 9.17) is 0 Å². The second-order valence-corrected chi connectivity index (χ2v) is 10.0. The van der Waals surface area contributed by atoms with Gasteiger partial charge in [0, 0.05) is 44.1 Å². The summed E-state index contributed by atoms with van der Waals surface area (Å²) in [4.78, 5) is 22.2. The minimum atomic E-state index is -3.37. The van der Waals surface area contributed by atoms with Gasteiger partial charge in [0.2, 0.25) is 10.0 Å². The number of likely N-dealkylation sites (tertiary alicyclic amines) is 1. The Hall–Kier alpha value is -2.17. The molecule has 1 atom stereocenters. The van der Waals surface area contributed by atoms with Crippen molar-refractivity contribution in [2.45, 2.75) is 38.3 Å². The van der Waals surface area contributed by atoms with Crippen molar-refractivity contribution < 1.29 is 17.2 Å². The molecular weight excluding hydrogens is 414 g/mol. The largest absolute Gasteiger partial charge is 0.310 e. The number of aromatic amines is 1. The second-order valence-electron chi connectivity index (χ2n) is 8.03. The van der Waals surface area contributed by atoms with Crippen molar-refractivity contribution in [3.8, 4) is 0 Å². The number of H-pyrrole nitrogens is 1. The summed E-state index contributed by atoms with van der Waals surface area (Å²) < 4.78 is 52.3. The SMILES string of the molecule is CS(=O)(=O)N1CCc2nc(C3CCCN(Cc4cc(F)ccc4F)C3)[nH]c(=O)c2C1. The molecule has 0 aliphatic carbocycles. The maximum Gasteiger partial charge on any atom is 0.255 e. The highest BCUT2D eigenvalue weighted by Gasteiger charge is 2.29. The average molecular weight is 439 g/mol. The summed E-state index contributed by atoms with van der Waals surface area (Å²) in [5, 5.41) is 0. The van der Waals surface area contributed by atoms with Crippen LogP contribution < -0.4 is 5.56 Å². The number of aromatic nitrogens is 2. The van der Waals surface area contributed by atoms with Gasteiger partial charge in [-0.05, 0) is 37.6 Å². The molecule has 0 radical (unpaired) electrons. The summed E-state index contributed by atoms with van der Waals surface area (Å²) >= 11 is 0. The first-order chi connectivity index (χ1) is 14.2. The first kappa shape index (κ1) is 21.1. The molecule has 1 aromatic heterocycles. The van der Waals surface area contributed by atoms with Crippen LogP contribution >= 0.6 is 0 Å².